The lowest BCUT2D eigenvalue weighted by molar-refractivity contribution is 0.0929. The summed E-state index contributed by atoms with van der Waals surface area (Å²) in [4.78, 5) is 14.2. The molecule has 162 valence electrons. The average molecular weight is 422 g/mol. The largest absolute Gasteiger partial charge is 0.423 e. The van der Waals surface area contributed by atoms with E-state index in [1.165, 1.54) is 0 Å². The molecule has 0 saturated carbocycles. The molecule has 3 aromatic rings. The smallest absolute Gasteiger partial charge is 0.238 e. The van der Waals surface area contributed by atoms with Crippen LogP contribution in [0.25, 0.3) is 11.4 Å². The molecule has 2 aromatic heterocycles. The Labute approximate surface area is 180 Å². The van der Waals surface area contributed by atoms with E-state index < -0.39 is 0 Å². The number of hydrogen-bond acceptors (Lipinski definition) is 9. The summed E-state index contributed by atoms with van der Waals surface area (Å²) in [5, 5.41) is 17.9. The molecule has 4 heterocycles. The van der Waals surface area contributed by atoms with E-state index in [0.717, 1.165) is 35.7 Å². The van der Waals surface area contributed by atoms with Crippen LogP contribution in [0.5, 0.6) is 0 Å². The molecule has 2 unspecified atom stereocenters. The van der Waals surface area contributed by atoms with Crippen LogP contribution in [0, 0.1) is 0 Å². The number of nitrogens with zero attached hydrogens (tertiary/aromatic N) is 6. The van der Waals surface area contributed by atoms with E-state index in [0.29, 0.717) is 37.2 Å². The number of aryl methyl sites for hydroxylation is 1. The molecular formula is C22H26N6O3. The van der Waals surface area contributed by atoms with Crippen molar-refractivity contribution >= 4 is 11.5 Å². The minimum atomic E-state index is -0.109. The molecule has 1 N–H and O–H groups in total. The van der Waals surface area contributed by atoms with Crippen molar-refractivity contribution in [2.24, 2.45) is 0 Å². The van der Waals surface area contributed by atoms with Gasteiger partial charge >= 0.3 is 0 Å². The van der Waals surface area contributed by atoms with Gasteiger partial charge in [-0.25, -0.2) is 9.97 Å². The molecule has 9 heteroatoms. The van der Waals surface area contributed by atoms with E-state index in [1.54, 1.807) is 0 Å². The second-order valence-corrected chi connectivity index (χ2v) is 7.90. The van der Waals surface area contributed by atoms with Gasteiger partial charge in [0.05, 0.1) is 37.7 Å². The summed E-state index contributed by atoms with van der Waals surface area (Å²) in [6, 6.07) is 7.76. The number of fused-ring (bicyclic) bond motifs is 3. The van der Waals surface area contributed by atoms with E-state index in [4.69, 9.17) is 14.1 Å². The molecule has 0 radical (unpaired) electrons. The Kier molecular flexibility index (Phi) is 5.29. The molecule has 0 amide bonds. The van der Waals surface area contributed by atoms with Gasteiger partial charge in [0.1, 0.15) is 6.04 Å². The molecule has 31 heavy (non-hydrogen) atoms. The van der Waals surface area contributed by atoms with E-state index in [1.807, 2.05) is 37.4 Å². The summed E-state index contributed by atoms with van der Waals surface area (Å²) >= 11 is 0. The number of benzene rings is 1. The zero-order valence-corrected chi connectivity index (χ0v) is 17.7. The fraction of sp³-hybridized carbons (Fsp3) is 0.455. The SMILES string of the molecule is CCc1nnc(C(C)N2CC3COCCN3c3nc(-c4cccc(CO)c4)ncc32)o1. The fourth-order valence-electron chi connectivity index (χ4n) is 4.22. The maximum atomic E-state index is 9.49. The van der Waals surface area contributed by atoms with Gasteiger partial charge in [-0.3, -0.25) is 0 Å². The van der Waals surface area contributed by atoms with Gasteiger partial charge in [0, 0.05) is 25.1 Å². The first kappa shape index (κ1) is 19.9. The molecule has 1 aromatic carbocycles. The van der Waals surface area contributed by atoms with Crippen LogP contribution >= 0.6 is 0 Å². The molecule has 2 aliphatic heterocycles. The van der Waals surface area contributed by atoms with E-state index >= 15 is 0 Å². The van der Waals surface area contributed by atoms with Gasteiger partial charge in [-0.2, -0.15) is 0 Å². The Bertz CT molecular complexity index is 1070. The standard InChI is InChI=1S/C22H26N6O3/c1-3-19-25-26-22(31-19)14(2)28-11-17-13-30-8-7-27(17)21-18(28)10-23-20(24-21)16-6-4-5-15(9-16)12-29/h4-6,9-10,14,17,29H,3,7-8,11-13H2,1-2H3. The molecule has 2 atom stereocenters. The van der Waals surface area contributed by atoms with Gasteiger partial charge in [0.15, 0.2) is 11.6 Å². The Morgan fingerprint density at radius 3 is 3.00 bits per heavy atom. The van der Waals surface area contributed by atoms with Crippen molar-refractivity contribution in [1.82, 2.24) is 20.2 Å². The van der Waals surface area contributed by atoms with Gasteiger partial charge in [-0.05, 0) is 18.6 Å². The van der Waals surface area contributed by atoms with Crippen LogP contribution in [-0.4, -0.2) is 57.6 Å². The number of anilines is 2. The summed E-state index contributed by atoms with van der Waals surface area (Å²) in [7, 11) is 0. The van der Waals surface area contributed by atoms with Crippen LogP contribution in [-0.2, 0) is 17.8 Å². The molecule has 0 spiro atoms. The summed E-state index contributed by atoms with van der Waals surface area (Å²) in [6.07, 6.45) is 2.59. The number of aromatic nitrogens is 4. The maximum Gasteiger partial charge on any atom is 0.238 e. The Balaban J connectivity index is 1.56. The number of rotatable bonds is 5. The van der Waals surface area contributed by atoms with Crippen molar-refractivity contribution in [3.8, 4) is 11.4 Å². The lowest BCUT2D eigenvalue weighted by Gasteiger charge is -2.46. The molecule has 0 aliphatic carbocycles. The normalized spacial score (nSPS) is 19.1. The predicted octanol–water partition coefficient (Wildman–Crippen LogP) is 2.37. The van der Waals surface area contributed by atoms with Crippen molar-refractivity contribution in [3.63, 3.8) is 0 Å². The van der Waals surface area contributed by atoms with Crippen LogP contribution in [0.2, 0.25) is 0 Å². The fourth-order valence-corrected chi connectivity index (χ4v) is 4.22. The van der Waals surface area contributed by atoms with Gasteiger partial charge in [0.2, 0.25) is 11.8 Å². The van der Waals surface area contributed by atoms with E-state index in [-0.39, 0.29) is 18.7 Å². The topological polar surface area (TPSA) is 101 Å². The molecule has 2 aliphatic rings. The Morgan fingerprint density at radius 1 is 1.29 bits per heavy atom. The third-order valence-electron chi connectivity index (χ3n) is 5.94. The van der Waals surface area contributed by atoms with Gasteiger partial charge in [0.25, 0.3) is 0 Å². The van der Waals surface area contributed by atoms with E-state index in [2.05, 4.69) is 31.9 Å². The lowest BCUT2D eigenvalue weighted by atomic mass is 10.1. The number of hydrogen-bond donors (Lipinski definition) is 1. The van der Waals surface area contributed by atoms with Crippen molar-refractivity contribution in [2.75, 3.05) is 36.1 Å². The number of morpholine rings is 1. The summed E-state index contributed by atoms with van der Waals surface area (Å²) in [6.45, 7) is 6.92. The minimum absolute atomic E-state index is 0.0143. The third-order valence-corrected chi connectivity index (χ3v) is 5.94. The average Bonchev–Trinajstić information content (AvgIpc) is 3.32. The highest BCUT2D eigenvalue weighted by atomic mass is 16.5. The van der Waals surface area contributed by atoms with Gasteiger partial charge < -0.3 is 24.1 Å². The van der Waals surface area contributed by atoms with E-state index in [9.17, 15) is 5.11 Å². The molecule has 9 nitrogen and oxygen atoms in total. The minimum Gasteiger partial charge on any atom is -0.423 e. The molecule has 0 bridgehead atoms. The van der Waals surface area contributed by atoms with Crippen molar-refractivity contribution in [3.05, 3.63) is 47.8 Å². The zero-order chi connectivity index (χ0) is 21.4. The highest BCUT2D eigenvalue weighted by Gasteiger charge is 2.38. The molecule has 1 saturated heterocycles. The Hall–Kier alpha value is -3.04. The van der Waals surface area contributed by atoms with Crippen LogP contribution in [0.3, 0.4) is 0 Å². The predicted molar refractivity (Wildman–Crippen MR) is 115 cm³/mol. The van der Waals surface area contributed by atoms with Crippen molar-refractivity contribution in [1.29, 1.82) is 0 Å². The Morgan fingerprint density at radius 2 is 2.19 bits per heavy atom. The number of aliphatic hydroxyl groups is 1. The first-order valence-electron chi connectivity index (χ1n) is 10.7. The second kappa shape index (κ2) is 8.24. The highest BCUT2D eigenvalue weighted by molar-refractivity contribution is 5.73. The third kappa shape index (κ3) is 3.64. The lowest BCUT2D eigenvalue weighted by Crippen LogP contribution is -2.56. The van der Waals surface area contributed by atoms with Crippen molar-refractivity contribution in [2.45, 2.75) is 39.0 Å². The van der Waals surface area contributed by atoms with Gasteiger partial charge in [-0.15, -0.1) is 10.2 Å². The van der Waals surface area contributed by atoms with Crippen LogP contribution < -0.4 is 9.80 Å². The summed E-state index contributed by atoms with van der Waals surface area (Å²) in [5.74, 6) is 2.76. The van der Waals surface area contributed by atoms with Crippen LogP contribution in [0.1, 0.15) is 37.2 Å². The number of ether oxygens (including phenoxy) is 1. The van der Waals surface area contributed by atoms with Crippen LogP contribution in [0.15, 0.2) is 34.9 Å². The summed E-state index contributed by atoms with van der Waals surface area (Å²) in [5.41, 5.74) is 2.67. The quantitative estimate of drug-likeness (QED) is 0.664. The first-order chi connectivity index (χ1) is 15.2. The second-order valence-electron chi connectivity index (χ2n) is 7.90. The van der Waals surface area contributed by atoms with Crippen LogP contribution in [0.4, 0.5) is 11.5 Å². The maximum absolute atomic E-state index is 9.49. The van der Waals surface area contributed by atoms with Crippen molar-refractivity contribution < 1.29 is 14.3 Å². The zero-order valence-electron chi connectivity index (χ0n) is 17.7. The number of aliphatic hydroxyl groups excluding tert-OH is 1. The summed E-state index contributed by atoms with van der Waals surface area (Å²) < 4.78 is 11.6. The molecule has 5 rings (SSSR count). The highest BCUT2D eigenvalue weighted by Crippen LogP contribution is 2.39. The molecular weight excluding hydrogens is 396 g/mol. The van der Waals surface area contributed by atoms with Gasteiger partial charge in [-0.1, -0.05) is 25.1 Å². The molecule has 1 fully saturated rings. The monoisotopic (exact) mass is 422 g/mol. The first-order valence-corrected chi connectivity index (χ1v) is 10.7.